The second kappa shape index (κ2) is 9.79. The summed E-state index contributed by atoms with van der Waals surface area (Å²) in [7, 11) is 3.25. The van der Waals surface area contributed by atoms with Crippen molar-refractivity contribution in [2.45, 2.75) is 37.0 Å². The molecule has 0 saturated carbocycles. The molecular weight excluding hydrogens is 324 g/mol. The predicted octanol–water partition coefficient (Wildman–Crippen LogP) is 2.24. The van der Waals surface area contributed by atoms with E-state index < -0.39 is 0 Å². The van der Waals surface area contributed by atoms with Gasteiger partial charge in [0.15, 0.2) is 11.5 Å². The zero-order valence-electron chi connectivity index (χ0n) is 14.8. The molecule has 1 aromatic rings. The number of ether oxygens (including phenoxy) is 2. The van der Waals surface area contributed by atoms with Gasteiger partial charge in [-0.15, -0.1) is 0 Å². The standard InChI is InChI=1S/C18H28N2O3S/c1-22-15-7-6-13(11-16(15)23-2)8-10-20-18(21)12-17(24-3)14-5-4-9-19-14/h6-7,11,14,17,19H,4-5,8-10,12H2,1-3H3,(H,20,21). The van der Waals surface area contributed by atoms with Crippen molar-refractivity contribution in [1.29, 1.82) is 0 Å². The highest BCUT2D eigenvalue weighted by molar-refractivity contribution is 7.99. The lowest BCUT2D eigenvalue weighted by atomic mass is 10.1. The molecule has 1 aliphatic rings. The van der Waals surface area contributed by atoms with E-state index in [1.165, 1.54) is 12.8 Å². The third kappa shape index (κ3) is 5.31. The zero-order valence-corrected chi connectivity index (χ0v) is 15.6. The Labute approximate surface area is 148 Å². The zero-order chi connectivity index (χ0) is 17.4. The number of amides is 1. The van der Waals surface area contributed by atoms with Crippen LogP contribution in [-0.2, 0) is 11.2 Å². The topological polar surface area (TPSA) is 59.6 Å². The summed E-state index contributed by atoms with van der Waals surface area (Å²) >= 11 is 1.78. The summed E-state index contributed by atoms with van der Waals surface area (Å²) in [5.74, 6) is 1.57. The first-order valence-electron chi connectivity index (χ1n) is 8.41. The van der Waals surface area contributed by atoms with E-state index in [0.717, 1.165) is 30.0 Å². The number of carbonyl (C=O) groups is 1. The lowest BCUT2D eigenvalue weighted by Crippen LogP contribution is -2.37. The van der Waals surface area contributed by atoms with Gasteiger partial charge in [-0.1, -0.05) is 6.07 Å². The van der Waals surface area contributed by atoms with Crippen LogP contribution in [0.25, 0.3) is 0 Å². The van der Waals surface area contributed by atoms with Gasteiger partial charge < -0.3 is 20.1 Å². The van der Waals surface area contributed by atoms with Crippen LogP contribution in [0.15, 0.2) is 18.2 Å². The molecule has 1 aromatic carbocycles. The quantitative estimate of drug-likeness (QED) is 0.714. The summed E-state index contributed by atoms with van der Waals surface area (Å²) in [5, 5.41) is 6.88. The van der Waals surface area contributed by atoms with E-state index in [4.69, 9.17) is 9.47 Å². The van der Waals surface area contributed by atoms with Crippen molar-refractivity contribution in [2.24, 2.45) is 0 Å². The summed E-state index contributed by atoms with van der Waals surface area (Å²) in [4.78, 5) is 12.2. The number of thioether (sulfide) groups is 1. The van der Waals surface area contributed by atoms with Gasteiger partial charge in [0.2, 0.25) is 5.91 Å². The second-order valence-electron chi connectivity index (χ2n) is 5.97. The van der Waals surface area contributed by atoms with Gasteiger partial charge in [-0.05, 0) is 49.8 Å². The van der Waals surface area contributed by atoms with Gasteiger partial charge in [-0.25, -0.2) is 0 Å². The van der Waals surface area contributed by atoms with Crippen LogP contribution in [0.3, 0.4) is 0 Å². The van der Waals surface area contributed by atoms with Gasteiger partial charge in [0, 0.05) is 24.3 Å². The van der Waals surface area contributed by atoms with E-state index >= 15 is 0 Å². The Morgan fingerprint density at radius 3 is 2.79 bits per heavy atom. The number of benzene rings is 1. The van der Waals surface area contributed by atoms with E-state index in [2.05, 4.69) is 16.9 Å². The van der Waals surface area contributed by atoms with Crippen molar-refractivity contribution in [1.82, 2.24) is 10.6 Å². The van der Waals surface area contributed by atoms with Gasteiger partial charge in [-0.2, -0.15) is 11.8 Å². The van der Waals surface area contributed by atoms with Crippen molar-refractivity contribution < 1.29 is 14.3 Å². The van der Waals surface area contributed by atoms with Crippen LogP contribution < -0.4 is 20.1 Å². The number of rotatable bonds is 9. The fourth-order valence-corrected chi connectivity index (χ4v) is 3.93. The molecule has 5 nitrogen and oxygen atoms in total. The summed E-state index contributed by atoms with van der Waals surface area (Å²) in [6, 6.07) is 6.32. The summed E-state index contributed by atoms with van der Waals surface area (Å²) in [6.45, 7) is 1.70. The normalized spacial score (nSPS) is 18.2. The molecule has 1 fully saturated rings. The monoisotopic (exact) mass is 352 g/mol. The van der Waals surface area contributed by atoms with Crippen molar-refractivity contribution in [3.05, 3.63) is 23.8 Å². The van der Waals surface area contributed by atoms with Crippen molar-refractivity contribution in [3.63, 3.8) is 0 Å². The molecule has 0 aliphatic carbocycles. The lowest BCUT2D eigenvalue weighted by Gasteiger charge is -2.21. The predicted molar refractivity (Wildman–Crippen MR) is 99.2 cm³/mol. The first-order valence-corrected chi connectivity index (χ1v) is 9.70. The van der Waals surface area contributed by atoms with E-state index in [1.807, 2.05) is 18.2 Å². The van der Waals surface area contributed by atoms with Crippen LogP contribution in [0, 0.1) is 0 Å². The highest BCUT2D eigenvalue weighted by atomic mass is 32.2. The van der Waals surface area contributed by atoms with Crippen molar-refractivity contribution in [2.75, 3.05) is 33.6 Å². The summed E-state index contributed by atoms with van der Waals surface area (Å²) in [6.07, 6.45) is 5.82. The molecule has 0 radical (unpaired) electrons. The van der Waals surface area contributed by atoms with E-state index in [9.17, 15) is 4.79 Å². The molecule has 134 valence electrons. The van der Waals surface area contributed by atoms with Crippen molar-refractivity contribution in [3.8, 4) is 11.5 Å². The maximum atomic E-state index is 12.2. The molecule has 24 heavy (non-hydrogen) atoms. The first kappa shape index (κ1) is 18.9. The van der Waals surface area contributed by atoms with Gasteiger partial charge >= 0.3 is 0 Å². The SMILES string of the molecule is COc1ccc(CCNC(=O)CC(SC)C2CCCN2)cc1OC. The Hall–Kier alpha value is -1.40. The molecule has 0 aromatic heterocycles. The van der Waals surface area contributed by atoms with Gasteiger partial charge in [0.25, 0.3) is 0 Å². The first-order chi connectivity index (χ1) is 11.7. The largest absolute Gasteiger partial charge is 0.493 e. The van der Waals surface area contributed by atoms with Crippen LogP contribution in [0.4, 0.5) is 0 Å². The molecule has 2 N–H and O–H groups in total. The Kier molecular flexibility index (Phi) is 7.72. The van der Waals surface area contributed by atoms with Crippen LogP contribution in [0.5, 0.6) is 11.5 Å². The summed E-state index contributed by atoms with van der Waals surface area (Å²) < 4.78 is 10.5. The third-order valence-electron chi connectivity index (χ3n) is 4.42. The minimum atomic E-state index is 0.128. The lowest BCUT2D eigenvalue weighted by molar-refractivity contribution is -0.121. The molecule has 0 bridgehead atoms. The Bertz CT molecular complexity index is 533. The maximum absolute atomic E-state index is 12.2. The number of nitrogens with one attached hydrogen (secondary N) is 2. The summed E-state index contributed by atoms with van der Waals surface area (Å²) in [5.41, 5.74) is 1.12. The minimum Gasteiger partial charge on any atom is -0.493 e. The van der Waals surface area contributed by atoms with Crippen LogP contribution >= 0.6 is 11.8 Å². The Morgan fingerprint density at radius 1 is 1.38 bits per heavy atom. The Balaban J connectivity index is 1.77. The third-order valence-corrected chi connectivity index (χ3v) is 5.52. The molecule has 1 aliphatic heterocycles. The van der Waals surface area contributed by atoms with Crippen molar-refractivity contribution >= 4 is 17.7 Å². The highest BCUT2D eigenvalue weighted by Gasteiger charge is 2.25. The fraction of sp³-hybridized carbons (Fsp3) is 0.611. The molecule has 2 atom stereocenters. The fourth-order valence-electron chi connectivity index (χ4n) is 3.06. The van der Waals surface area contributed by atoms with Crippen LogP contribution in [0.1, 0.15) is 24.8 Å². The average molecular weight is 353 g/mol. The molecule has 1 heterocycles. The molecule has 1 amide bonds. The molecule has 2 unspecified atom stereocenters. The van der Waals surface area contributed by atoms with Crippen LogP contribution in [-0.4, -0.2) is 50.8 Å². The number of methoxy groups -OCH3 is 2. The van der Waals surface area contributed by atoms with Gasteiger partial charge in [-0.3, -0.25) is 4.79 Å². The van der Waals surface area contributed by atoms with Gasteiger partial charge in [0.1, 0.15) is 0 Å². The average Bonchev–Trinajstić information content (AvgIpc) is 3.13. The number of carbonyl (C=O) groups excluding carboxylic acids is 1. The number of hydrogen-bond acceptors (Lipinski definition) is 5. The highest BCUT2D eigenvalue weighted by Crippen LogP contribution is 2.27. The molecule has 1 saturated heterocycles. The van der Waals surface area contributed by atoms with Crippen LogP contribution in [0.2, 0.25) is 0 Å². The molecule has 2 rings (SSSR count). The molecular formula is C18H28N2O3S. The minimum absolute atomic E-state index is 0.128. The molecule has 0 spiro atoms. The number of hydrogen-bond donors (Lipinski definition) is 2. The maximum Gasteiger partial charge on any atom is 0.221 e. The second-order valence-corrected chi connectivity index (χ2v) is 7.05. The van der Waals surface area contributed by atoms with E-state index in [-0.39, 0.29) is 5.91 Å². The molecule has 6 heteroatoms. The Morgan fingerprint density at radius 2 is 2.17 bits per heavy atom. The van der Waals surface area contributed by atoms with E-state index in [0.29, 0.717) is 24.3 Å². The van der Waals surface area contributed by atoms with Gasteiger partial charge in [0.05, 0.1) is 14.2 Å². The van der Waals surface area contributed by atoms with E-state index in [1.54, 1.807) is 26.0 Å². The smallest absolute Gasteiger partial charge is 0.221 e.